The molecular weight excluding hydrogens is 320 g/mol. The summed E-state index contributed by atoms with van der Waals surface area (Å²) in [5.41, 5.74) is 3.81. The molecule has 0 aliphatic carbocycles. The number of nitrogens with zero attached hydrogens (tertiary/aromatic N) is 4. The van der Waals surface area contributed by atoms with Crippen LogP contribution in [0.5, 0.6) is 0 Å². The third-order valence-corrected chi connectivity index (χ3v) is 4.20. The summed E-state index contributed by atoms with van der Waals surface area (Å²) in [5.74, 6) is 2.12. The van der Waals surface area contributed by atoms with Crippen molar-refractivity contribution in [3.05, 3.63) is 66.3 Å². The molecular formula is C22H24N4. The van der Waals surface area contributed by atoms with Crippen LogP contribution in [0.4, 0.5) is 0 Å². The van der Waals surface area contributed by atoms with Crippen molar-refractivity contribution in [2.75, 3.05) is 0 Å². The van der Waals surface area contributed by atoms with Crippen LogP contribution in [0.3, 0.4) is 0 Å². The lowest BCUT2D eigenvalue weighted by Crippen LogP contribution is -2.18. The summed E-state index contributed by atoms with van der Waals surface area (Å²) in [6.07, 6.45) is 3.88. The molecule has 4 heteroatoms. The van der Waals surface area contributed by atoms with Gasteiger partial charge in [0, 0.05) is 22.7 Å². The molecule has 4 nitrogen and oxygen atoms in total. The van der Waals surface area contributed by atoms with E-state index in [1.54, 1.807) is 0 Å². The Bertz CT molecular complexity index is 921. The summed E-state index contributed by atoms with van der Waals surface area (Å²) in [4.78, 5) is 18.7. The number of benzene rings is 1. The van der Waals surface area contributed by atoms with E-state index in [9.17, 15) is 0 Å². The van der Waals surface area contributed by atoms with E-state index in [4.69, 9.17) is 15.0 Å². The van der Waals surface area contributed by atoms with Gasteiger partial charge in [0.25, 0.3) is 0 Å². The van der Waals surface area contributed by atoms with Crippen molar-refractivity contribution in [1.82, 2.24) is 19.9 Å². The van der Waals surface area contributed by atoms with Crippen LogP contribution in [-0.4, -0.2) is 19.9 Å². The first-order chi connectivity index (χ1) is 12.4. The lowest BCUT2D eigenvalue weighted by Gasteiger charge is -2.18. The first-order valence-electron chi connectivity index (χ1n) is 8.80. The Hall–Kier alpha value is -2.88. The van der Waals surface area contributed by atoms with Crippen molar-refractivity contribution in [2.24, 2.45) is 0 Å². The minimum absolute atomic E-state index is 0.171. The topological polar surface area (TPSA) is 51.6 Å². The molecule has 2 aromatic heterocycles. The molecule has 0 unspecified atom stereocenters. The molecule has 0 spiro atoms. The summed E-state index contributed by atoms with van der Waals surface area (Å²) in [6.45, 7) is 10.4. The third kappa shape index (κ3) is 3.85. The smallest absolute Gasteiger partial charge is 0.165 e. The van der Waals surface area contributed by atoms with Gasteiger partial charge in [-0.3, -0.25) is 4.98 Å². The largest absolute Gasteiger partial charge is 0.256 e. The highest BCUT2D eigenvalue weighted by atomic mass is 15.0. The SMILES string of the molecule is C/C=C(\C)c1ccc(-c2nc(-c3ccccc3)nc(C(C)(C)C)n2)cn1. The van der Waals surface area contributed by atoms with E-state index in [-0.39, 0.29) is 5.41 Å². The van der Waals surface area contributed by atoms with Gasteiger partial charge in [-0.05, 0) is 31.6 Å². The molecule has 0 aliphatic heterocycles. The second kappa shape index (κ2) is 7.16. The van der Waals surface area contributed by atoms with E-state index in [0.717, 1.165) is 28.2 Å². The van der Waals surface area contributed by atoms with Crippen molar-refractivity contribution in [3.63, 3.8) is 0 Å². The quantitative estimate of drug-likeness (QED) is 0.645. The lowest BCUT2D eigenvalue weighted by atomic mass is 9.95. The standard InChI is InChI=1S/C22H24N4/c1-6-15(2)18-13-12-17(14-23-18)20-24-19(16-10-8-7-9-11-16)25-21(26-20)22(3,4)5/h6-14H,1-5H3/b15-6+. The average Bonchev–Trinajstić information content (AvgIpc) is 2.67. The Kier molecular flexibility index (Phi) is 4.94. The van der Waals surface area contributed by atoms with Crippen molar-refractivity contribution < 1.29 is 0 Å². The number of hydrogen-bond donors (Lipinski definition) is 0. The van der Waals surface area contributed by atoms with Crippen LogP contribution in [0.25, 0.3) is 28.3 Å². The highest BCUT2D eigenvalue weighted by Crippen LogP contribution is 2.25. The van der Waals surface area contributed by atoms with Crippen LogP contribution in [0, 0.1) is 0 Å². The maximum absolute atomic E-state index is 4.72. The molecule has 0 saturated carbocycles. The van der Waals surface area contributed by atoms with Crippen molar-refractivity contribution in [3.8, 4) is 22.8 Å². The Labute approximate surface area is 155 Å². The number of allylic oxidation sites excluding steroid dienone is 2. The lowest BCUT2D eigenvalue weighted by molar-refractivity contribution is 0.543. The second-order valence-electron chi connectivity index (χ2n) is 7.33. The maximum Gasteiger partial charge on any atom is 0.165 e. The van der Waals surface area contributed by atoms with Gasteiger partial charge in [-0.2, -0.15) is 0 Å². The zero-order chi connectivity index (χ0) is 18.7. The Morgan fingerprint density at radius 2 is 1.50 bits per heavy atom. The first-order valence-corrected chi connectivity index (χ1v) is 8.80. The number of pyridine rings is 1. The Morgan fingerprint density at radius 3 is 2.04 bits per heavy atom. The van der Waals surface area contributed by atoms with E-state index < -0.39 is 0 Å². The predicted molar refractivity (Wildman–Crippen MR) is 107 cm³/mol. The molecule has 3 rings (SSSR count). The van der Waals surface area contributed by atoms with Gasteiger partial charge >= 0.3 is 0 Å². The molecule has 26 heavy (non-hydrogen) atoms. The van der Waals surface area contributed by atoms with Gasteiger partial charge in [0.2, 0.25) is 0 Å². The van der Waals surface area contributed by atoms with Crippen molar-refractivity contribution in [2.45, 2.75) is 40.0 Å². The predicted octanol–water partition coefficient (Wildman–Crippen LogP) is 5.32. The van der Waals surface area contributed by atoms with Gasteiger partial charge in [-0.25, -0.2) is 15.0 Å². The van der Waals surface area contributed by atoms with Gasteiger partial charge in [0.15, 0.2) is 11.6 Å². The molecule has 0 saturated heterocycles. The summed E-state index contributed by atoms with van der Waals surface area (Å²) in [6, 6.07) is 14.0. The van der Waals surface area contributed by atoms with Crippen LogP contribution in [-0.2, 0) is 5.41 Å². The fourth-order valence-corrected chi connectivity index (χ4v) is 2.46. The summed E-state index contributed by atoms with van der Waals surface area (Å²) in [5, 5.41) is 0. The summed E-state index contributed by atoms with van der Waals surface area (Å²) < 4.78 is 0. The third-order valence-electron chi connectivity index (χ3n) is 4.20. The van der Waals surface area contributed by atoms with E-state index in [1.165, 1.54) is 0 Å². The van der Waals surface area contributed by atoms with Crippen LogP contribution in [0.2, 0.25) is 0 Å². The first kappa shape index (κ1) is 17.9. The van der Waals surface area contributed by atoms with Crippen LogP contribution in [0.1, 0.15) is 46.1 Å². The normalized spacial score (nSPS) is 12.3. The molecule has 0 fully saturated rings. The highest BCUT2D eigenvalue weighted by Gasteiger charge is 2.21. The monoisotopic (exact) mass is 344 g/mol. The molecule has 132 valence electrons. The Morgan fingerprint density at radius 1 is 0.846 bits per heavy atom. The molecule has 2 heterocycles. The van der Waals surface area contributed by atoms with Gasteiger partial charge in [-0.1, -0.05) is 57.2 Å². The Balaban J connectivity index is 2.12. The van der Waals surface area contributed by atoms with Gasteiger partial charge in [-0.15, -0.1) is 0 Å². The van der Waals surface area contributed by atoms with Crippen LogP contribution in [0.15, 0.2) is 54.7 Å². The fraction of sp³-hybridized carbons (Fsp3) is 0.273. The number of rotatable bonds is 3. The minimum atomic E-state index is -0.171. The van der Waals surface area contributed by atoms with E-state index >= 15 is 0 Å². The molecule has 0 amide bonds. The molecule has 0 N–H and O–H groups in total. The molecule has 1 aromatic carbocycles. The molecule has 0 radical (unpaired) electrons. The molecule has 3 aromatic rings. The molecule has 0 atom stereocenters. The van der Waals surface area contributed by atoms with Gasteiger partial charge in [0.1, 0.15) is 5.82 Å². The highest BCUT2D eigenvalue weighted by molar-refractivity contribution is 5.64. The fourth-order valence-electron chi connectivity index (χ4n) is 2.46. The van der Waals surface area contributed by atoms with Crippen LogP contribution >= 0.6 is 0 Å². The van der Waals surface area contributed by atoms with Crippen molar-refractivity contribution >= 4 is 5.57 Å². The van der Waals surface area contributed by atoms with E-state index in [0.29, 0.717) is 11.6 Å². The van der Waals surface area contributed by atoms with E-state index in [1.807, 2.05) is 55.6 Å². The second-order valence-corrected chi connectivity index (χ2v) is 7.33. The zero-order valence-electron chi connectivity index (χ0n) is 16.0. The minimum Gasteiger partial charge on any atom is -0.256 e. The zero-order valence-corrected chi connectivity index (χ0v) is 16.0. The van der Waals surface area contributed by atoms with Crippen molar-refractivity contribution in [1.29, 1.82) is 0 Å². The van der Waals surface area contributed by atoms with Gasteiger partial charge < -0.3 is 0 Å². The summed E-state index contributed by atoms with van der Waals surface area (Å²) >= 11 is 0. The number of hydrogen-bond acceptors (Lipinski definition) is 4. The molecule has 0 aliphatic rings. The maximum atomic E-state index is 4.72. The average molecular weight is 344 g/mol. The van der Waals surface area contributed by atoms with Crippen LogP contribution < -0.4 is 0 Å². The summed E-state index contributed by atoms with van der Waals surface area (Å²) in [7, 11) is 0. The molecule has 0 bridgehead atoms. The number of aromatic nitrogens is 4. The van der Waals surface area contributed by atoms with E-state index in [2.05, 4.69) is 38.8 Å². The van der Waals surface area contributed by atoms with Gasteiger partial charge in [0.05, 0.1) is 5.69 Å².